The van der Waals surface area contributed by atoms with Crippen LogP contribution in [0.4, 0.5) is 0 Å². The summed E-state index contributed by atoms with van der Waals surface area (Å²) in [5.41, 5.74) is 0. The molecule has 0 spiro atoms. The van der Waals surface area contributed by atoms with Gasteiger partial charge in [0.25, 0.3) is 0 Å². The molecular weight excluding hydrogens is 228 g/mol. The van der Waals surface area contributed by atoms with E-state index >= 15 is 0 Å². The molecule has 1 fully saturated rings. The molecule has 0 bridgehead atoms. The standard InChI is InChI=1S/C14H22N2S/c1-3-4-9-16(2)11-14-8-7-13(17-14)10-15-12-5-6-12/h3,7-8,12,15H,1,4-6,9-11H2,2H3. The van der Waals surface area contributed by atoms with Crippen LogP contribution >= 0.6 is 11.3 Å². The predicted molar refractivity (Wildman–Crippen MR) is 75.3 cm³/mol. The van der Waals surface area contributed by atoms with Crippen molar-refractivity contribution in [1.82, 2.24) is 10.2 Å². The summed E-state index contributed by atoms with van der Waals surface area (Å²) in [6.07, 6.45) is 5.78. The molecule has 17 heavy (non-hydrogen) atoms. The molecule has 1 heterocycles. The van der Waals surface area contributed by atoms with Crippen LogP contribution in [0.25, 0.3) is 0 Å². The molecular formula is C14H22N2S. The van der Waals surface area contributed by atoms with Gasteiger partial charge in [-0.2, -0.15) is 0 Å². The van der Waals surface area contributed by atoms with E-state index in [0.717, 1.165) is 32.1 Å². The Morgan fingerprint density at radius 1 is 1.47 bits per heavy atom. The summed E-state index contributed by atoms with van der Waals surface area (Å²) in [7, 11) is 2.17. The van der Waals surface area contributed by atoms with Crippen LogP contribution in [0.2, 0.25) is 0 Å². The molecule has 2 rings (SSSR count). The Kier molecular flexibility index (Phi) is 4.77. The molecule has 1 N–H and O–H groups in total. The van der Waals surface area contributed by atoms with Crippen molar-refractivity contribution in [2.24, 2.45) is 0 Å². The smallest absolute Gasteiger partial charge is 0.0325 e. The Hall–Kier alpha value is -0.640. The predicted octanol–water partition coefficient (Wildman–Crippen LogP) is 3.01. The van der Waals surface area contributed by atoms with E-state index in [9.17, 15) is 0 Å². The van der Waals surface area contributed by atoms with E-state index in [0.29, 0.717) is 0 Å². The van der Waals surface area contributed by atoms with Crippen LogP contribution in [-0.4, -0.2) is 24.5 Å². The third-order valence-corrected chi connectivity index (χ3v) is 4.07. The molecule has 2 nitrogen and oxygen atoms in total. The molecule has 3 heteroatoms. The van der Waals surface area contributed by atoms with Crippen molar-refractivity contribution >= 4 is 11.3 Å². The molecule has 0 aliphatic heterocycles. The maximum Gasteiger partial charge on any atom is 0.0325 e. The molecule has 1 aliphatic carbocycles. The van der Waals surface area contributed by atoms with Gasteiger partial charge in [0.15, 0.2) is 0 Å². The number of hydrogen-bond acceptors (Lipinski definition) is 3. The normalized spacial score (nSPS) is 15.4. The topological polar surface area (TPSA) is 15.3 Å². The minimum Gasteiger partial charge on any atom is -0.309 e. The van der Waals surface area contributed by atoms with Crippen LogP contribution in [0.3, 0.4) is 0 Å². The zero-order chi connectivity index (χ0) is 12.1. The molecule has 0 amide bonds. The molecule has 0 saturated heterocycles. The van der Waals surface area contributed by atoms with E-state index in [-0.39, 0.29) is 0 Å². The van der Waals surface area contributed by atoms with Gasteiger partial charge in [0, 0.05) is 35.4 Å². The molecule has 0 aromatic carbocycles. The lowest BCUT2D eigenvalue weighted by molar-refractivity contribution is 0.336. The Balaban J connectivity index is 1.74. The highest BCUT2D eigenvalue weighted by atomic mass is 32.1. The first-order chi connectivity index (χ1) is 8.28. The van der Waals surface area contributed by atoms with E-state index in [1.165, 1.54) is 22.6 Å². The molecule has 0 radical (unpaired) electrons. The van der Waals surface area contributed by atoms with Crippen molar-refractivity contribution in [1.29, 1.82) is 0 Å². The lowest BCUT2D eigenvalue weighted by Gasteiger charge is -2.13. The molecule has 0 unspecified atom stereocenters. The van der Waals surface area contributed by atoms with E-state index < -0.39 is 0 Å². The monoisotopic (exact) mass is 250 g/mol. The van der Waals surface area contributed by atoms with Gasteiger partial charge in [-0.15, -0.1) is 17.9 Å². The van der Waals surface area contributed by atoms with Crippen LogP contribution in [0, 0.1) is 0 Å². The lowest BCUT2D eigenvalue weighted by Crippen LogP contribution is -2.17. The summed E-state index contributed by atoms with van der Waals surface area (Å²) >= 11 is 1.93. The molecule has 1 aromatic rings. The van der Waals surface area contributed by atoms with Crippen molar-refractivity contribution in [2.75, 3.05) is 13.6 Å². The van der Waals surface area contributed by atoms with Gasteiger partial charge in [0.05, 0.1) is 0 Å². The van der Waals surface area contributed by atoms with E-state index in [1.807, 2.05) is 17.4 Å². The van der Waals surface area contributed by atoms with Crippen LogP contribution in [-0.2, 0) is 13.1 Å². The SMILES string of the molecule is C=CCCN(C)Cc1ccc(CNC2CC2)s1. The maximum absolute atomic E-state index is 3.76. The second-order valence-corrected chi connectivity index (χ2v) is 6.09. The zero-order valence-electron chi connectivity index (χ0n) is 10.6. The minimum absolute atomic E-state index is 0.802. The van der Waals surface area contributed by atoms with Gasteiger partial charge in [-0.25, -0.2) is 0 Å². The fraction of sp³-hybridized carbons (Fsp3) is 0.571. The van der Waals surface area contributed by atoms with Gasteiger partial charge in [-0.3, -0.25) is 0 Å². The number of nitrogens with one attached hydrogen (secondary N) is 1. The molecule has 0 atom stereocenters. The van der Waals surface area contributed by atoms with Crippen LogP contribution in [0.5, 0.6) is 0 Å². The van der Waals surface area contributed by atoms with Crippen LogP contribution in [0.15, 0.2) is 24.8 Å². The summed E-state index contributed by atoms with van der Waals surface area (Å²) in [5.74, 6) is 0. The second-order valence-electron chi connectivity index (χ2n) is 4.84. The number of hydrogen-bond donors (Lipinski definition) is 1. The van der Waals surface area contributed by atoms with Crippen molar-refractivity contribution in [3.8, 4) is 0 Å². The van der Waals surface area contributed by atoms with Gasteiger partial charge < -0.3 is 10.2 Å². The number of thiophene rings is 1. The Labute approximate surface area is 108 Å². The molecule has 94 valence electrons. The fourth-order valence-electron chi connectivity index (χ4n) is 1.79. The van der Waals surface area contributed by atoms with Crippen molar-refractivity contribution < 1.29 is 0 Å². The Morgan fingerprint density at radius 3 is 2.94 bits per heavy atom. The summed E-state index contributed by atoms with van der Waals surface area (Å²) < 4.78 is 0. The fourth-order valence-corrected chi connectivity index (χ4v) is 2.84. The first kappa shape index (κ1) is 12.8. The van der Waals surface area contributed by atoms with E-state index in [1.54, 1.807) is 0 Å². The second kappa shape index (κ2) is 6.34. The van der Waals surface area contributed by atoms with Gasteiger partial charge in [-0.1, -0.05) is 6.08 Å². The summed E-state index contributed by atoms with van der Waals surface area (Å²) in [4.78, 5) is 5.28. The van der Waals surface area contributed by atoms with Crippen molar-refractivity contribution in [3.05, 3.63) is 34.5 Å². The Morgan fingerprint density at radius 2 is 2.24 bits per heavy atom. The van der Waals surface area contributed by atoms with E-state index in [4.69, 9.17) is 0 Å². The van der Waals surface area contributed by atoms with Crippen molar-refractivity contribution in [3.63, 3.8) is 0 Å². The molecule has 1 aromatic heterocycles. The maximum atomic E-state index is 3.76. The quantitative estimate of drug-likeness (QED) is 0.714. The summed E-state index contributed by atoms with van der Waals surface area (Å²) in [6, 6.07) is 5.33. The highest BCUT2D eigenvalue weighted by molar-refractivity contribution is 7.11. The van der Waals surface area contributed by atoms with E-state index in [2.05, 4.69) is 36.0 Å². The molecule has 1 aliphatic rings. The minimum atomic E-state index is 0.802. The molecule has 1 saturated carbocycles. The number of rotatable bonds is 8. The summed E-state index contributed by atoms with van der Waals surface area (Å²) in [5, 5.41) is 3.56. The highest BCUT2D eigenvalue weighted by Crippen LogP contribution is 2.22. The third-order valence-electron chi connectivity index (χ3n) is 3.00. The van der Waals surface area contributed by atoms with Gasteiger partial charge in [-0.05, 0) is 38.4 Å². The van der Waals surface area contributed by atoms with Gasteiger partial charge in [0.2, 0.25) is 0 Å². The van der Waals surface area contributed by atoms with Gasteiger partial charge in [0.1, 0.15) is 0 Å². The Bertz CT molecular complexity index is 355. The van der Waals surface area contributed by atoms with Crippen LogP contribution in [0.1, 0.15) is 29.0 Å². The average Bonchev–Trinajstić information content (AvgIpc) is 3.05. The number of nitrogens with zero attached hydrogens (tertiary/aromatic N) is 1. The van der Waals surface area contributed by atoms with Crippen LogP contribution < -0.4 is 5.32 Å². The lowest BCUT2D eigenvalue weighted by atomic mass is 10.3. The van der Waals surface area contributed by atoms with Gasteiger partial charge >= 0.3 is 0 Å². The largest absolute Gasteiger partial charge is 0.309 e. The summed E-state index contributed by atoms with van der Waals surface area (Å²) in [6.45, 7) is 6.96. The first-order valence-electron chi connectivity index (χ1n) is 6.38. The van der Waals surface area contributed by atoms with Crippen molar-refractivity contribution in [2.45, 2.75) is 38.4 Å². The third kappa shape index (κ3) is 4.62. The highest BCUT2D eigenvalue weighted by Gasteiger charge is 2.20. The average molecular weight is 250 g/mol. The zero-order valence-corrected chi connectivity index (χ0v) is 11.4. The first-order valence-corrected chi connectivity index (χ1v) is 7.20.